The van der Waals surface area contributed by atoms with Gasteiger partial charge in [-0.15, -0.1) is 0 Å². The molecule has 1 N–H and O–H groups in total. The Hall–Kier alpha value is -1.78. The van der Waals surface area contributed by atoms with Crippen molar-refractivity contribution in [1.29, 1.82) is 0 Å². The second-order valence-electron chi connectivity index (χ2n) is 3.49. The molecule has 0 aliphatic heterocycles. The topological polar surface area (TPSA) is 76.7 Å². The molecule has 5 nitrogen and oxygen atoms in total. The number of carbonyl (C=O) groups is 1. The minimum absolute atomic E-state index is 0.206. The number of carbonyl (C=O) groups excluding carboxylic acids is 1. The number of ether oxygens (including phenoxy) is 1. The fourth-order valence-electron chi connectivity index (χ4n) is 0.825. The van der Waals surface area contributed by atoms with Gasteiger partial charge >= 0.3 is 5.97 Å². The summed E-state index contributed by atoms with van der Waals surface area (Å²) in [6.45, 7) is 4.03. The minimum atomic E-state index is -0.708. The Balaban J connectivity index is 2.75. The van der Waals surface area contributed by atoms with E-state index < -0.39 is 17.1 Å². The van der Waals surface area contributed by atoms with Crippen molar-refractivity contribution in [3.8, 4) is 5.75 Å². The summed E-state index contributed by atoms with van der Waals surface area (Å²) in [5.41, 5.74) is -0.669. The highest BCUT2D eigenvalue weighted by molar-refractivity contribution is 5.86. The van der Waals surface area contributed by atoms with Crippen LogP contribution in [0.25, 0.3) is 0 Å². The van der Waals surface area contributed by atoms with Gasteiger partial charge in [-0.2, -0.15) is 0 Å². The van der Waals surface area contributed by atoms with Crippen molar-refractivity contribution in [2.45, 2.75) is 13.8 Å². The molecule has 1 aromatic heterocycles. The van der Waals surface area contributed by atoms with Crippen LogP contribution in [0.2, 0.25) is 0 Å². The van der Waals surface area contributed by atoms with Crippen molar-refractivity contribution in [3.63, 3.8) is 0 Å². The van der Waals surface area contributed by atoms with Gasteiger partial charge in [-0.25, -0.2) is 4.79 Å². The lowest BCUT2D eigenvalue weighted by atomic mass is 10.2. The maximum absolute atomic E-state index is 11.3. The normalized spacial score (nSPS) is 10.3. The molecule has 0 amide bonds. The molecule has 5 heteroatoms. The average molecular weight is 212 g/mol. The van der Waals surface area contributed by atoms with Gasteiger partial charge in [0.05, 0.1) is 6.61 Å². The molecular weight excluding hydrogens is 200 g/mol. The molecule has 0 aliphatic carbocycles. The van der Waals surface area contributed by atoms with Crippen LogP contribution < -0.4 is 5.43 Å². The van der Waals surface area contributed by atoms with Gasteiger partial charge in [0.1, 0.15) is 6.26 Å². The molecule has 15 heavy (non-hydrogen) atoms. The maximum Gasteiger partial charge on any atom is 0.374 e. The Morgan fingerprint density at radius 2 is 2.27 bits per heavy atom. The van der Waals surface area contributed by atoms with Gasteiger partial charge in [0.25, 0.3) is 0 Å². The highest BCUT2D eigenvalue weighted by Gasteiger charge is 2.12. The number of rotatable bonds is 3. The summed E-state index contributed by atoms with van der Waals surface area (Å²) in [5, 5.41) is 8.89. The van der Waals surface area contributed by atoms with Crippen molar-refractivity contribution < 1.29 is 19.1 Å². The molecule has 0 saturated heterocycles. The van der Waals surface area contributed by atoms with Crippen molar-refractivity contribution in [3.05, 3.63) is 28.3 Å². The molecule has 0 unspecified atom stereocenters. The molecule has 0 bridgehead atoms. The van der Waals surface area contributed by atoms with Crippen molar-refractivity contribution in [1.82, 2.24) is 0 Å². The van der Waals surface area contributed by atoms with Crippen LogP contribution in [-0.4, -0.2) is 17.7 Å². The van der Waals surface area contributed by atoms with E-state index in [4.69, 9.17) is 14.3 Å². The first-order valence-corrected chi connectivity index (χ1v) is 4.49. The molecule has 82 valence electrons. The molecule has 0 fully saturated rings. The van der Waals surface area contributed by atoms with Gasteiger partial charge in [0, 0.05) is 6.07 Å². The third kappa shape index (κ3) is 3.12. The minimum Gasteiger partial charge on any atom is -0.502 e. The van der Waals surface area contributed by atoms with Gasteiger partial charge in [0.15, 0.2) is 5.75 Å². The SMILES string of the molecule is CC(C)COC(=O)c1cc(=O)c(O)co1. The summed E-state index contributed by atoms with van der Waals surface area (Å²) < 4.78 is 9.54. The highest BCUT2D eigenvalue weighted by Crippen LogP contribution is 2.05. The molecule has 0 spiro atoms. The van der Waals surface area contributed by atoms with Crippen LogP contribution in [0.4, 0.5) is 0 Å². The molecule has 0 radical (unpaired) electrons. The van der Waals surface area contributed by atoms with Gasteiger partial charge < -0.3 is 14.3 Å². The van der Waals surface area contributed by atoms with E-state index in [1.165, 1.54) is 0 Å². The number of aromatic hydroxyl groups is 1. The van der Waals surface area contributed by atoms with E-state index in [0.717, 1.165) is 12.3 Å². The molecule has 1 aromatic rings. The fraction of sp³-hybridized carbons (Fsp3) is 0.400. The second-order valence-corrected chi connectivity index (χ2v) is 3.49. The summed E-state index contributed by atoms with van der Waals surface area (Å²) in [5.74, 6) is -1.24. The first kappa shape index (κ1) is 11.3. The zero-order valence-corrected chi connectivity index (χ0v) is 8.52. The fourth-order valence-corrected chi connectivity index (χ4v) is 0.825. The molecule has 0 aliphatic rings. The average Bonchev–Trinajstić information content (AvgIpc) is 2.18. The standard InChI is InChI=1S/C10H12O5/c1-6(2)4-15-10(13)9-3-7(11)8(12)5-14-9/h3,5-6,12H,4H2,1-2H3. The Morgan fingerprint density at radius 3 is 2.80 bits per heavy atom. The first-order chi connectivity index (χ1) is 7.00. The number of hydrogen-bond donors (Lipinski definition) is 1. The van der Waals surface area contributed by atoms with E-state index in [0.29, 0.717) is 0 Å². The lowest BCUT2D eigenvalue weighted by Crippen LogP contribution is -2.12. The summed E-state index contributed by atoms with van der Waals surface area (Å²) >= 11 is 0. The van der Waals surface area contributed by atoms with Crippen LogP contribution in [0.15, 0.2) is 21.5 Å². The van der Waals surface area contributed by atoms with Crippen molar-refractivity contribution in [2.75, 3.05) is 6.61 Å². The molecule has 0 saturated carbocycles. The largest absolute Gasteiger partial charge is 0.502 e. The van der Waals surface area contributed by atoms with Gasteiger partial charge in [-0.3, -0.25) is 4.79 Å². The van der Waals surface area contributed by atoms with Gasteiger partial charge in [-0.05, 0) is 5.92 Å². The first-order valence-electron chi connectivity index (χ1n) is 4.49. The van der Waals surface area contributed by atoms with E-state index in [9.17, 15) is 9.59 Å². The van der Waals surface area contributed by atoms with Crippen molar-refractivity contribution >= 4 is 5.97 Å². The zero-order chi connectivity index (χ0) is 11.4. The van der Waals surface area contributed by atoms with E-state index in [2.05, 4.69) is 0 Å². The van der Waals surface area contributed by atoms with E-state index in [1.807, 2.05) is 13.8 Å². The monoisotopic (exact) mass is 212 g/mol. The van der Waals surface area contributed by atoms with Crippen LogP contribution in [0.3, 0.4) is 0 Å². The smallest absolute Gasteiger partial charge is 0.374 e. The Morgan fingerprint density at radius 1 is 1.60 bits per heavy atom. The quantitative estimate of drug-likeness (QED) is 0.760. The molecule has 0 aromatic carbocycles. The van der Waals surface area contributed by atoms with E-state index in [1.54, 1.807) is 0 Å². The lowest BCUT2D eigenvalue weighted by Gasteiger charge is -2.05. The number of hydrogen-bond acceptors (Lipinski definition) is 5. The predicted molar refractivity (Wildman–Crippen MR) is 51.8 cm³/mol. The molecule has 0 atom stereocenters. The maximum atomic E-state index is 11.3. The Kier molecular flexibility index (Phi) is 3.49. The Bertz CT molecular complexity index is 405. The summed E-state index contributed by atoms with van der Waals surface area (Å²) in [6.07, 6.45) is 0.814. The summed E-state index contributed by atoms with van der Waals surface area (Å²) in [4.78, 5) is 22.2. The van der Waals surface area contributed by atoms with E-state index in [-0.39, 0.29) is 18.3 Å². The Labute approximate surface area is 86.3 Å². The van der Waals surface area contributed by atoms with Crippen LogP contribution in [0, 0.1) is 5.92 Å². The van der Waals surface area contributed by atoms with Crippen LogP contribution in [-0.2, 0) is 4.74 Å². The van der Waals surface area contributed by atoms with Crippen LogP contribution in [0.5, 0.6) is 5.75 Å². The third-order valence-electron chi connectivity index (χ3n) is 1.56. The third-order valence-corrected chi connectivity index (χ3v) is 1.56. The second kappa shape index (κ2) is 4.63. The van der Waals surface area contributed by atoms with Gasteiger partial charge in [-0.1, -0.05) is 13.8 Å². The van der Waals surface area contributed by atoms with Crippen LogP contribution >= 0.6 is 0 Å². The molecule has 1 rings (SSSR count). The summed E-state index contributed by atoms with van der Waals surface area (Å²) in [7, 11) is 0. The molecular formula is C10H12O5. The van der Waals surface area contributed by atoms with Crippen LogP contribution in [0.1, 0.15) is 24.4 Å². The highest BCUT2D eigenvalue weighted by atomic mass is 16.5. The lowest BCUT2D eigenvalue weighted by molar-refractivity contribution is 0.0419. The zero-order valence-electron chi connectivity index (χ0n) is 8.52. The number of esters is 1. The predicted octanol–water partition coefficient (Wildman–Crippen LogP) is 1.16. The van der Waals surface area contributed by atoms with E-state index >= 15 is 0 Å². The molecule has 1 heterocycles. The van der Waals surface area contributed by atoms with Crippen molar-refractivity contribution in [2.24, 2.45) is 5.92 Å². The van der Waals surface area contributed by atoms with Gasteiger partial charge in [0.2, 0.25) is 11.2 Å². The summed E-state index contributed by atoms with van der Waals surface area (Å²) in [6, 6.07) is 0.901.